The molecule has 0 saturated carbocycles. The number of rotatable bonds is 1. The van der Waals surface area contributed by atoms with Crippen molar-refractivity contribution in [2.75, 3.05) is 0 Å². The molecule has 0 fully saturated rings. The number of nitrogens with zero attached hydrogens (tertiary/aromatic N) is 1. The number of hydrogen-bond acceptors (Lipinski definition) is 1. The fourth-order valence-corrected chi connectivity index (χ4v) is 1.24. The monoisotopic (exact) mass is 139 g/mol. The van der Waals surface area contributed by atoms with Gasteiger partial charge in [-0.1, -0.05) is 6.92 Å². The van der Waals surface area contributed by atoms with Crippen molar-refractivity contribution in [3.8, 4) is 5.75 Å². The Bertz CT molecular complexity index is 238. The van der Waals surface area contributed by atoms with Gasteiger partial charge in [0.25, 0.3) is 0 Å². The van der Waals surface area contributed by atoms with Crippen LogP contribution in [0.3, 0.4) is 0 Å². The highest BCUT2D eigenvalue weighted by molar-refractivity contribution is 5.36. The maximum atomic E-state index is 9.40. The number of hydrogen-bond donors (Lipinski definition) is 1. The molecule has 2 heteroatoms. The summed E-state index contributed by atoms with van der Waals surface area (Å²) in [4.78, 5) is 0. The Hall–Kier alpha value is -0.920. The average Bonchev–Trinajstić information content (AvgIpc) is 2.09. The molecule has 0 bridgehead atoms. The van der Waals surface area contributed by atoms with Crippen LogP contribution in [-0.2, 0) is 13.5 Å². The molecular formula is C8H13NO. The minimum Gasteiger partial charge on any atom is -0.506 e. The zero-order valence-electron chi connectivity index (χ0n) is 6.68. The molecule has 0 amide bonds. The molecule has 0 aliphatic carbocycles. The van der Waals surface area contributed by atoms with E-state index in [0.29, 0.717) is 5.75 Å². The first-order chi connectivity index (χ1) is 4.66. The minimum absolute atomic E-state index is 0.449. The normalized spacial score (nSPS) is 10.3. The van der Waals surface area contributed by atoms with Gasteiger partial charge in [-0.2, -0.15) is 0 Å². The van der Waals surface area contributed by atoms with Gasteiger partial charge in [-0.05, 0) is 13.3 Å². The standard InChI is InChI=1S/C8H13NO/c1-4-7-8(10)6(2)5-9(7)3/h5,10H,4H2,1-3H3. The van der Waals surface area contributed by atoms with E-state index in [1.54, 1.807) is 0 Å². The minimum atomic E-state index is 0.449. The average molecular weight is 139 g/mol. The fourth-order valence-electron chi connectivity index (χ4n) is 1.24. The summed E-state index contributed by atoms with van der Waals surface area (Å²) in [5.41, 5.74) is 1.97. The molecule has 0 radical (unpaired) electrons. The van der Waals surface area contributed by atoms with Crippen molar-refractivity contribution in [3.63, 3.8) is 0 Å². The van der Waals surface area contributed by atoms with Crippen LogP contribution in [0.15, 0.2) is 6.20 Å². The fraction of sp³-hybridized carbons (Fsp3) is 0.500. The van der Waals surface area contributed by atoms with Crippen LogP contribution in [-0.4, -0.2) is 9.67 Å². The molecule has 0 saturated heterocycles. The van der Waals surface area contributed by atoms with E-state index < -0.39 is 0 Å². The lowest BCUT2D eigenvalue weighted by Crippen LogP contribution is -1.91. The van der Waals surface area contributed by atoms with Crippen LogP contribution in [0.5, 0.6) is 5.75 Å². The van der Waals surface area contributed by atoms with Gasteiger partial charge in [0.1, 0.15) is 5.75 Å². The van der Waals surface area contributed by atoms with E-state index in [0.717, 1.165) is 17.7 Å². The van der Waals surface area contributed by atoms with Gasteiger partial charge in [0, 0.05) is 18.8 Å². The topological polar surface area (TPSA) is 25.2 Å². The molecule has 1 N–H and O–H groups in total. The molecule has 1 aromatic rings. The SMILES string of the molecule is CCc1c(O)c(C)cn1C. The zero-order chi connectivity index (χ0) is 7.72. The summed E-state index contributed by atoms with van der Waals surface area (Å²) in [7, 11) is 1.95. The molecule has 10 heavy (non-hydrogen) atoms. The van der Waals surface area contributed by atoms with Crippen molar-refractivity contribution in [1.82, 2.24) is 4.57 Å². The summed E-state index contributed by atoms with van der Waals surface area (Å²) in [5.74, 6) is 0.449. The van der Waals surface area contributed by atoms with Crippen LogP contribution >= 0.6 is 0 Å². The third-order valence-electron chi connectivity index (χ3n) is 1.79. The van der Waals surface area contributed by atoms with Crippen molar-refractivity contribution in [3.05, 3.63) is 17.5 Å². The summed E-state index contributed by atoms with van der Waals surface area (Å²) >= 11 is 0. The highest BCUT2D eigenvalue weighted by atomic mass is 16.3. The van der Waals surface area contributed by atoms with Gasteiger partial charge < -0.3 is 9.67 Å². The molecule has 0 spiro atoms. The summed E-state index contributed by atoms with van der Waals surface area (Å²) in [6.45, 7) is 3.95. The van der Waals surface area contributed by atoms with Gasteiger partial charge in [-0.3, -0.25) is 0 Å². The molecule has 0 atom stereocenters. The van der Waals surface area contributed by atoms with Crippen molar-refractivity contribution in [2.24, 2.45) is 7.05 Å². The van der Waals surface area contributed by atoms with Crippen LogP contribution in [0.1, 0.15) is 18.2 Å². The summed E-state index contributed by atoms with van der Waals surface area (Å²) in [6.07, 6.45) is 2.82. The van der Waals surface area contributed by atoms with Crippen molar-refractivity contribution in [1.29, 1.82) is 0 Å². The number of aromatic hydroxyl groups is 1. The van der Waals surface area contributed by atoms with E-state index in [1.807, 2.05) is 31.7 Å². The number of aryl methyl sites for hydroxylation is 2. The lowest BCUT2D eigenvalue weighted by atomic mass is 10.2. The van der Waals surface area contributed by atoms with Crippen LogP contribution in [0, 0.1) is 6.92 Å². The summed E-state index contributed by atoms with van der Waals surface area (Å²) in [6, 6.07) is 0. The predicted octanol–water partition coefficient (Wildman–Crippen LogP) is 1.60. The second-order valence-electron chi connectivity index (χ2n) is 2.57. The Morgan fingerprint density at radius 1 is 1.60 bits per heavy atom. The first-order valence-corrected chi connectivity index (χ1v) is 3.50. The zero-order valence-corrected chi connectivity index (χ0v) is 6.68. The molecule has 2 nitrogen and oxygen atoms in total. The van der Waals surface area contributed by atoms with E-state index in [4.69, 9.17) is 0 Å². The van der Waals surface area contributed by atoms with Gasteiger partial charge in [0.15, 0.2) is 0 Å². The van der Waals surface area contributed by atoms with E-state index >= 15 is 0 Å². The molecule has 0 aliphatic heterocycles. The lowest BCUT2D eigenvalue weighted by Gasteiger charge is -1.97. The largest absolute Gasteiger partial charge is 0.506 e. The van der Waals surface area contributed by atoms with Gasteiger partial charge >= 0.3 is 0 Å². The van der Waals surface area contributed by atoms with Crippen LogP contribution in [0.4, 0.5) is 0 Å². The Morgan fingerprint density at radius 3 is 2.40 bits per heavy atom. The Balaban J connectivity index is 3.20. The summed E-state index contributed by atoms with van der Waals surface area (Å²) < 4.78 is 1.96. The highest BCUT2D eigenvalue weighted by Crippen LogP contribution is 2.22. The molecule has 1 aromatic heterocycles. The van der Waals surface area contributed by atoms with E-state index in [1.165, 1.54) is 0 Å². The third kappa shape index (κ3) is 0.897. The van der Waals surface area contributed by atoms with E-state index in [-0.39, 0.29) is 0 Å². The molecule has 0 aliphatic rings. The van der Waals surface area contributed by atoms with Gasteiger partial charge in [-0.25, -0.2) is 0 Å². The van der Waals surface area contributed by atoms with Crippen molar-refractivity contribution in [2.45, 2.75) is 20.3 Å². The van der Waals surface area contributed by atoms with Crippen molar-refractivity contribution < 1.29 is 5.11 Å². The highest BCUT2D eigenvalue weighted by Gasteiger charge is 2.06. The second-order valence-corrected chi connectivity index (χ2v) is 2.57. The molecular weight excluding hydrogens is 126 g/mol. The Morgan fingerprint density at radius 2 is 2.20 bits per heavy atom. The Kier molecular flexibility index (Phi) is 1.70. The van der Waals surface area contributed by atoms with E-state index in [9.17, 15) is 5.11 Å². The molecule has 0 aromatic carbocycles. The smallest absolute Gasteiger partial charge is 0.139 e. The number of aromatic nitrogens is 1. The van der Waals surface area contributed by atoms with Gasteiger partial charge in [0.05, 0.1) is 5.69 Å². The van der Waals surface area contributed by atoms with Gasteiger partial charge in [-0.15, -0.1) is 0 Å². The van der Waals surface area contributed by atoms with Crippen LogP contribution in [0.2, 0.25) is 0 Å². The first kappa shape index (κ1) is 7.19. The van der Waals surface area contributed by atoms with Crippen molar-refractivity contribution >= 4 is 0 Å². The molecule has 56 valence electrons. The van der Waals surface area contributed by atoms with E-state index in [2.05, 4.69) is 0 Å². The maximum Gasteiger partial charge on any atom is 0.139 e. The summed E-state index contributed by atoms with van der Waals surface area (Å²) in [5, 5.41) is 9.40. The Labute approximate surface area is 61.1 Å². The van der Waals surface area contributed by atoms with Crippen LogP contribution in [0.25, 0.3) is 0 Å². The second kappa shape index (κ2) is 2.37. The maximum absolute atomic E-state index is 9.40. The van der Waals surface area contributed by atoms with Gasteiger partial charge in [0.2, 0.25) is 0 Å². The first-order valence-electron chi connectivity index (χ1n) is 3.50. The quantitative estimate of drug-likeness (QED) is 0.628. The lowest BCUT2D eigenvalue weighted by molar-refractivity contribution is 0.463. The predicted molar refractivity (Wildman–Crippen MR) is 41.2 cm³/mol. The molecule has 1 rings (SSSR count). The molecule has 1 heterocycles. The third-order valence-corrected chi connectivity index (χ3v) is 1.79. The van der Waals surface area contributed by atoms with Crippen LogP contribution < -0.4 is 0 Å². The molecule has 0 unspecified atom stereocenters.